The molecule has 0 bridgehead atoms. The maximum absolute atomic E-state index is 12.4. The van der Waals surface area contributed by atoms with Crippen molar-refractivity contribution in [2.75, 3.05) is 11.9 Å². The van der Waals surface area contributed by atoms with Crippen molar-refractivity contribution in [2.45, 2.75) is 6.42 Å². The van der Waals surface area contributed by atoms with Crippen LogP contribution in [0.4, 0.5) is 18.6 Å². The summed E-state index contributed by atoms with van der Waals surface area (Å²) in [7, 11) is 1.56. The minimum absolute atomic E-state index is 0. The van der Waals surface area contributed by atoms with Crippen LogP contribution in [0, 0.1) is 0 Å². The molecule has 1 aliphatic heterocycles. The van der Waals surface area contributed by atoms with E-state index in [0.717, 1.165) is 12.1 Å². The first kappa shape index (κ1) is 14.2. The maximum atomic E-state index is 12.4. The van der Waals surface area contributed by atoms with E-state index < -0.39 is 12.4 Å². The van der Waals surface area contributed by atoms with Crippen LogP contribution in [0.5, 0.6) is 0 Å². The van der Waals surface area contributed by atoms with Gasteiger partial charge < -0.3 is 17.8 Å². The van der Waals surface area contributed by atoms with Crippen LogP contribution in [-0.4, -0.2) is 19.9 Å². The van der Waals surface area contributed by atoms with Gasteiger partial charge in [0.25, 0.3) is 0 Å². The summed E-state index contributed by atoms with van der Waals surface area (Å²) < 4.78 is 37.2. The number of benzene rings is 1. The van der Waals surface area contributed by atoms with Crippen molar-refractivity contribution in [3.05, 3.63) is 23.8 Å². The number of likely N-dealkylation sites (N-methyl/N-ethyl adjacent to an activating group) is 1. The molecule has 1 aliphatic rings. The van der Waals surface area contributed by atoms with Gasteiger partial charge in [-0.1, -0.05) is 12.1 Å². The molecule has 0 spiro atoms. The minimum Gasteiger partial charge on any atom is -0.445 e. The molecule has 16 heavy (non-hydrogen) atoms. The standard InChI is InChI=1S/C9H8BF3NO.K/c1-14-8-3-2-7(10(11,12)13)4-6(8)5-9(14)15;/h2-4H,5H2,1H3;/q-1;+1. The first-order valence-corrected chi connectivity index (χ1v) is 4.49. The molecule has 1 heterocycles. The van der Waals surface area contributed by atoms with Crippen LogP contribution in [0.2, 0.25) is 0 Å². The van der Waals surface area contributed by atoms with Gasteiger partial charge in [-0.25, -0.2) is 0 Å². The van der Waals surface area contributed by atoms with Gasteiger partial charge in [0.05, 0.1) is 6.42 Å². The Labute approximate surface area is 134 Å². The average molecular weight is 253 g/mol. The van der Waals surface area contributed by atoms with E-state index in [2.05, 4.69) is 0 Å². The maximum Gasteiger partial charge on any atom is 1.00 e. The number of nitrogens with zero attached hydrogens (tertiary/aromatic N) is 1. The van der Waals surface area contributed by atoms with Crippen molar-refractivity contribution < 1.29 is 69.1 Å². The number of hydrogen-bond acceptors (Lipinski definition) is 1. The first-order chi connectivity index (χ1) is 6.89. The largest absolute Gasteiger partial charge is 1.00 e. The molecule has 0 saturated heterocycles. The molecule has 0 saturated carbocycles. The van der Waals surface area contributed by atoms with E-state index in [4.69, 9.17) is 0 Å². The van der Waals surface area contributed by atoms with E-state index >= 15 is 0 Å². The Bertz CT molecular complexity index is 435. The monoisotopic (exact) mass is 253 g/mol. The average Bonchev–Trinajstić information content (AvgIpc) is 2.41. The summed E-state index contributed by atoms with van der Waals surface area (Å²) in [5, 5.41) is 0. The smallest absolute Gasteiger partial charge is 0.445 e. The molecule has 80 valence electrons. The van der Waals surface area contributed by atoms with Gasteiger partial charge >= 0.3 is 58.4 Å². The minimum atomic E-state index is -4.98. The van der Waals surface area contributed by atoms with Crippen molar-refractivity contribution in [1.29, 1.82) is 0 Å². The number of hydrogen-bond donors (Lipinski definition) is 0. The van der Waals surface area contributed by atoms with E-state index in [9.17, 15) is 17.7 Å². The summed E-state index contributed by atoms with van der Waals surface area (Å²) in [6, 6.07) is 3.44. The molecule has 0 N–H and O–H groups in total. The zero-order valence-electron chi connectivity index (χ0n) is 9.01. The molecule has 0 aliphatic carbocycles. The number of carbonyl (C=O) groups excluding carboxylic acids is 1. The number of rotatable bonds is 1. The zero-order chi connectivity index (χ0) is 11.2. The third kappa shape index (κ3) is 2.53. The number of halogens is 3. The number of fused-ring (bicyclic) bond motifs is 1. The topological polar surface area (TPSA) is 20.3 Å². The van der Waals surface area contributed by atoms with Crippen molar-refractivity contribution >= 4 is 24.0 Å². The van der Waals surface area contributed by atoms with Gasteiger partial charge in [0.1, 0.15) is 0 Å². The Kier molecular flexibility index (Phi) is 4.29. The van der Waals surface area contributed by atoms with Gasteiger partial charge in [-0.2, -0.15) is 0 Å². The molecule has 1 aromatic carbocycles. The molecule has 0 aromatic heterocycles. The summed E-state index contributed by atoms with van der Waals surface area (Å²) in [6.07, 6.45) is 0.0613. The van der Waals surface area contributed by atoms with E-state index in [1.165, 1.54) is 11.0 Å². The van der Waals surface area contributed by atoms with Gasteiger partial charge in [0.2, 0.25) is 5.91 Å². The third-order valence-corrected chi connectivity index (χ3v) is 2.56. The van der Waals surface area contributed by atoms with Crippen molar-refractivity contribution in [3.63, 3.8) is 0 Å². The second-order valence-corrected chi connectivity index (χ2v) is 3.59. The zero-order valence-corrected chi connectivity index (χ0v) is 12.1. The quantitative estimate of drug-likeness (QED) is 0.544. The summed E-state index contributed by atoms with van der Waals surface area (Å²) in [5.41, 5.74) is 0.389. The van der Waals surface area contributed by atoms with Gasteiger partial charge in [-0.15, -0.1) is 5.46 Å². The van der Waals surface area contributed by atoms with Crippen LogP contribution in [-0.2, 0) is 11.2 Å². The summed E-state index contributed by atoms with van der Waals surface area (Å²) in [6.45, 7) is -4.98. The molecule has 0 fully saturated rings. The van der Waals surface area contributed by atoms with Crippen LogP contribution in [0.1, 0.15) is 5.56 Å². The van der Waals surface area contributed by atoms with Crippen LogP contribution < -0.4 is 61.7 Å². The molecule has 0 radical (unpaired) electrons. The fourth-order valence-corrected chi connectivity index (χ4v) is 1.69. The number of carbonyl (C=O) groups is 1. The second-order valence-electron chi connectivity index (χ2n) is 3.59. The molecule has 1 amide bonds. The second kappa shape index (κ2) is 4.81. The molecule has 2 rings (SSSR count). The van der Waals surface area contributed by atoms with E-state index in [1.807, 2.05) is 0 Å². The fourth-order valence-electron chi connectivity index (χ4n) is 1.69. The van der Waals surface area contributed by atoms with Crippen molar-refractivity contribution in [3.8, 4) is 0 Å². The van der Waals surface area contributed by atoms with Crippen LogP contribution in [0.3, 0.4) is 0 Å². The Morgan fingerprint density at radius 1 is 1.31 bits per heavy atom. The van der Waals surface area contributed by atoms with Crippen molar-refractivity contribution in [1.82, 2.24) is 0 Å². The molecule has 0 unspecified atom stereocenters. The molecular formula is C9H8BF3KNO. The molecule has 2 nitrogen and oxygen atoms in total. The van der Waals surface area contributed by atoms with E-state index in [-0.39, 0.29) is 63.7 Å². The number of amides is 1. The summed E-state index contributed by atoms with van der Waals surface area (Å²) in [4.78, 5) is 12.6. The summed E-state index contributed by atoms with van der Waals surface area (Å²) >= 11 is 0. The normalized spacial score (nSPS) is 14.8. The predicted molar refractivity (Wildman–Crippen MR) is 52.3 cm³/mol. The Hall–Kier alpha value is 0.181. The predicted octanol–water partition coefficient (Wildman–Crippen LogP) is -1.74. The Balaban J connectivity index is 0.00000128. The molecule has 0 atom stereocenters. The van der Waals surface area contributed by atoms with E-state index in [1.54, 1.807) is 7.05 Å². The SMILES string of the molecule is CN1C(=O)Cc2cc([B-](F)(F)F)ccc21.[K+]. The van der Waals surface area contributed by atoms with Gasteiger partial charge in [-0.05, 0) is 11.6 Å². The van der Waals surface area contributed by atoms with E-state index in [0.29, 0.717) is 11.3 Å². The van der Waals surface area contributed by atoms with Gasteiger partial charge in [0.15, 0.2) is 0 Å². The van der Waals surface area contributed by atoms with Crippen LogP contribution in [0.25, 0.3) is 0 Å². The third-order valence-electron chi connectivity index (χ3n) is 2.56. The van der Waals surface area contributed by atoms with Crippen molar-refractivity contribution in [2.24, 2.45) is 0 Å². The first-order valence-electron chi connectivity index (χ1n) is 4.49. The Morgan fingerprint density at radius 3 is 2.50 bits per heavy atom. The molecule has 1 aromatic rings. The molecular weight excluding hydrogens is 245 g/mol. The fraction of sp³-hybridized carbons (Fsp3) is 0.222. The van der Waals surface area contributed by atoms with Crippen LogP contribution in [0.15, 0.2) is 18.2 Å². The van der Waals surface area contributed by atoms with Crippen LogP contribution >= 0.6 is 0 Å². The van der Waals surface area contributed by atoms with Gasteiger partial charge in [-0.3, -0.25) is 4.79 Å². The molecule has 7 heteroatoms. The van der Waals surface area contributed by atoms with Gasteiger partial charge in [0, 0.05) is 12.7 Å². The summed E-state index contributed by atoms with van der Waals surface area (Å²) in [5.74, 6) is -0.170. The number of anilines is 1. The Morgan fingerprint density at radius 2 is 1.94 bits per heavy atom.